The van der Waals surface area contributed by atoms with Crippen molar-refractivity contribution in [1.82, 2.24) is 0 Å². The van der Waals surface area contributed by atoms with Crippen molar-refractivity contribution in [3.8, 4) is 0 Å². The van der Waals surface area contributed by atoms with Crippen LogP contribution >= 0.6 is 0 Å². The van der Waals surface area contributed by atoms with Gasteiger partial charge >= 0.3 is 0 Å². The van der Waals surface area contributed by atoms with Crippen LogP contribution in [0.1, 0.15) is 29.8 Å². The predicted octanol–water partition coefficient (Wildman–Crippen LogP) is 3.25. The van der Waals surface area contributed by atoms with Gasteiger partial charge in [0, 0.05) is 29.1 Å². The van der Waals surface area contributed by atoms with E-state index in [9.17, 15) is 18.0 Å². The van der Waals surface area contributed by atoms with Crippen LogP contribution in [0.25, 0.3) is 0 Å². The van der Waals surface area contributed by atoms with Crippen molar-refractivity contribution < 1.29 is 18.0 Å². The molecule has 138 valence electrons. The lowest BCUT2D eigenvalue weighted by Gasteiger charge is -2.12. The van der Waals surface area contributed by atoms with Crippen molar-refractivity contribution in [2.45, 2.75) is 25.7 Å². The Morgan fingerprint density at radius 2 is 1.69 bits per heavy atom. The fourth-order valence-corrected chi connectivity index (χ4v) is 2.90. The summed E-state index contributed by atoms with van der Waals surface area (Å²) in [5.41, 5.74) is 2.27. The first-order valence-electron chi connectivity index (χ1n) is 8.11. The lowest BCUT2D eigenvalue weighted by atomic mass is 10.1. The Hall–Kier alpha value is -2.67. The molecule has 0 saturated carbocycles. The average Bonchev–Trinajstić information content (AvgIpc) is 2.56. The summed E-state index contributed by atoms with van der Waals surface area (Å²) in [7, 11) is -3.38. The molecule has 0 fully saturated rings. The first-order chi connectivity index (χ1) is 12.1. The number of amides is 2. The number of hydrogen-bond acceptors (Lipinski definition) is 4. The molecule has 6 nitrogen and oxygen atoms in total. The highest BCUT2D eigenvalue weighted by Gasteiger charge is 2.13. The van der Waals surface area contributed by atoms with Gasteiger partial charge in [-0.15, -0.1) is 0 Å². The van der Waals surface area contributed by atoms with Gasteiger partial charge in [-0.1, -0.05) is 19.9 Å². The molecule has 0 spiro atoms. The summed E-state index contributed by atoms with van der Waals surface area (Å²) in [6.45, 7) is 5.43. The second-order valence-electron chi connectivity index (χ2n) is 6.43. The molecule has 0 aliphatic rings. The van der Waals surface area contributed by atoms with Gasteiger partial charge in [-0.05, 0) is 48.9 Å². The van der Waals surface area contributed by atoms with E-state index in [2.05, 4.69) is 10.6 Å². The van der Waals surface area contributed by atoms with Crippen LogP contribution in [0, 0.1) is 12.8 Å². The summed E-state index contributed by atoms with van der Waals surface area (Å²) in [6.07, 6.45) is 1.10. The Morgan fingerprint density at radius 1 is 1.00 bits per heavy atom. The molecule has 0 radical (unpaired) electrons. The fourth-order valence-electron chi connectivity index (χ4n) is 2.23. The molecule has 0 aliphatic carbocycles. The summed E-state index contributed by atoms with van der Waals surface area (Å²) in [5, 5.41) is 5.56. The number of rotatable bonds is 5. The van der Waals surface area contributed by atoms with Crippen molar-refractivity contribution in [2.24, 2.45) is 5.92 Å². The zero-order chi connectivity index (χ0) is 19.5. The number of sulfone groups is 1. The zero-order valence-electron chi connectivity index (χ0n) is 15.2. The van der Waals surface area contributed by atoms with Gasteiger partial charge in [0.05, 0.1) is 4.90 Å². The fraction of sp³-hybridized carbons (Fsp3) is 0.263. The molecule has 2 N–H and O–H groups in total. The number of carbonyl (C=O) groups is 2. The number of benzene rings is 2. The number of anilines is 2. The molecular weight excluding hydrogens is 352 g/mol. The van der Waals surface area contributed by atoms with Crippen molar-refractivity contribution in [3.05, 3.63) is 53.6 Å². The van der Waals surface area contributed by atoms with Crippen LogP contribution in [0.3, 0.4) is 0 Å². The van der Waals surface area contributed by atoms with Gasteiger partial charge in [0.2, 0.25) is 5.91 Å². The molecule has 0 bridgehead atoms. The van der Waals surface area contributed by atoms with Gasteiger partial charge in [0.25, 0.3) is 5.91 Å². The summed E-state index contributed by atoms with van der Waals surface area (Å²) < 4.78 is 23.3. The number of carbonyl (C=O) groups excluding carboxylic acids is 2. The second-order valence-corrected chi connectivity index (χ2v) is 8.44. The molecule has 7 heteroatoms. The molecule has 2 amide bonds. The first-order valence-corrected chi connectivity index (χ1v) is 10.00. The lowest BCUT2D eigenvalue weighted by Crippen LogP contribution is -2.18. The van der Waals surface area contributed by atoms with Crippen LogP contribution in [0.2, 0.25) is 0 Å². The topological polar surface area (TPSA) is 92.3 Å². The van der Waals surface area contributed by atoms with Crippen LogP contribution < -0.4 is 10.6 Å². The van der Waals surface area contributed by atoms with E-state index in [0.29, 0.717) is 11.4 Å². The normalized spacial score (nSPS) is 11.3. The number of nitrogens with one attached hydrogen (secondary N) is 2. The summed E-state index contributed by atoms with van der Waals surface area (Å²) >= 11 is 0. The quantitative estimate of drug-likeness (QED) is 0.840. The number of aryl methyl sites for hydroxylation is 1. The standard InChI is InChI=1S/C19H22N2O4S/c1-12(2)18(22)20-15-8-9-17(13(3)10-15)21-19(23)14-6-5-7-16(11-14)26(4,24)25/h5-12H,1-4H3,(H,20,22)(H,21,23). The number of hydrogen-bond donors (Lipinski definition) is 2. The molecule has 0 atom stereocenters. The Labute approximate surface area is 153 Å². The van der Waals surface area contributed by atoms with E-state index in [0.717, 1.165) is 11.8 Å². The third-order valence-corrected chi connectivity index (χ3v) is 4.90. The summed E-state index contributed by atoms with van der Waals surface area (Å²) in [4.78, 5) is 24.3. The van der Waals surface area contributed by atoms with Gasteiger partial charge in [0.1, 0.15) is 0 Å². The molecule has 0 heterocycles. The molecule has 2 rings (SSSR count). The Morgan fingerprint density at radius 3 is 2.27 bits per heavy atom. The Balaban J connectivity index is 2.18. The smallest absolute Gasteiger partial charge is 0.255 e. The molecule has 0 aromatic heterocycles. The van der Waals surface area contributed by atoms with Gasteiger partial charge in [-0.25, -0.2) is 8.42 Å². The lowest BCUT2D eigenvalue weighted by molar-refractivity contribution is -0.118. The van der Waals surface area contributed by atoms with Crippen LogP contribution in [0.15, 0.2) is 47.4 Å². The third kappa shape index (κ3) is 4.92. The summed E-state index contributed by atoms with van der Waals surface area (Å²) in [5.74, 6) is -0.617. The summed E-state index contributed by atoms with van der Waals surface area (Å²) in [6, 6.07) is 11.0. The van der Waals surface area contributed by atoms with E-state index in [1.807, 2.05) is 6.92 Å². The van der Waals surface area contributed by atoms with Crippen molar-refractivity contribution in [3.63, 3.8) is 0 Å². The van der Waals surface area contributed by atoms with Gasteiger partial charge < -0.3 is 10.6 Å². The molecule has 26 heavy (non-hydrogen) atoms. The Kier molecular flexibility index (Phi) is 5.82. The van der Waals surface area contributed by atoms with E-state index in [4.69, 9.17) is 0 Å². The highest BCUT2D eigenvalue weighted by molar-refractivity contribution is 7.90. The van der Waals surface area contributed by atoms with Gasteiger partial charge in [-0.2, -0.15) is 0 Å². The molecule has 2 aromatic carbocycles. The second kappa shape index (κ2) is 7.70. The minimum atomic E-state index is -3.38. The van der Waals surface area contributed by atoms with Crippen molar-refractivity contribution >= 4 is 33.0 Å². The maximum Gasteiger partial charge on any atom is 0.255 e. The Bertz CT molecular complexity index is 950. The largest absolute Gasteiger partial charge is 0.326 e. The molecule has 0 aliphatic heterocycles. The van der Waals surface area contributed by atoms with E-state index in [1.165, 1.54) is 18.2 Å². The molecule has 0 saturated heterocycles. The van der Waals surface area contributed by atoms with E-state index in [-0.39, 0.29) is 22.3 Å². The predicted molar refractivity (Wildman–Crippen MR) is 102 cm³/mol. The van der Waals surface area contributed by atoms with E-state index < -0.39 is 15.7 Å². The minimum absolute atomic E-state index is 0.0845. The van der Waals surface area contributed by atoms with Crippen molar-refractivity contribution in [1.29, 1.82) is 0 Å². The van der Waals surface area contributed by atoms with Crippen molar-refractivity contribution in [2.75, 3.05) is 16.9 Å². The van der Waals surface area contributed by atoms with E-state index in [1.54, 1.807) is 38.1 Å². The van der Waals surface area contributed by atoms with Gasteiger partial charge in [-0.3, -0.25) is 9.59 Å². The highest BCUT2D eigenvalue weighted by Crippen LogP contribution is 2.21. The van der Waals surface area contributed by atoms with Crippen LogP contribution in [-0.2, 0) is 14.6 Å². The molecule has 2 aromatic rings. The first kappa shape index (κ1) is 19.7. The third-order valence-electron chi connectivity index (χ3n) is 3.79. The highest BCUT2D eigenvalue weighted by atomic mass is 32.2. The SMILES string of the molecule is Cc1cc(NC(=O)C(C)C)ccc1NC(=O)c1cccc(S(C)(=O)=O)c1. The molecule has 0 unspecified atom stereocenters. The van der Waals surface area contributed by atoms with E-state index >= 15 is 0 Å². The maximum absolute atomic E-state index is 12.4. The van der Waals surface area contributed by atoms with Crippen LogP contribution in [-0.4, -0.2) is 26.5 Å². The average molecular weight is 374 g/mol. The minimum Gasteiger partial charge on any atom is -0.326 e. The van der Waals surface area contributed by atoms with Crippen LogP contribution in [0.5, 0.6) is 0 Å². The zero-order valence-corrected chi connectivity index (χ0v) is 16.0. The molecular formula is C19H22N2O4S. The van der Waals surface area contributed by atoms with Crippen LogP contribution in [0.4, 0.5) is 11.4 Å². The van der Waals surface area contributed by atoms with Gasteiger partial charge in [0.15, 0.2) is 9.84 Å². The monoisotopic (exact) mass is 374 g/mol. The maximum atomic E-state index is 12.4.